The number of amides is 1. The molecule has 0 spiro atoms. The van der Waals surface area contributed by atoms with Gasteiger partial charge in [0.05, 0.1) is 5.69 Å². The maximum atomic E-state index is 13.4. The van der Waals surface area contributed by atoms with Crippen molar-refractivity contribution in [3.63, 3.8) is 0 Å². The fourth-order valence-electron chi connectivity index (χ4n) is 3.31. The molecule has 1 aliphatic rings. The van der Waals surface area contributed by atoms with E-state index in [1.807, 2.05) is 48.6 Å². The van der Waals surface area contributed by atoms with Crippen molar-refractivity contribution in [2.24, 2.45) is 11.3 Å². The standard InChI is InChI=1S/C12H22F2N3P.C6H8N2O.C6H11NO.C3H7N.2C2H6.C2H2/c1-8-16-7-10(17-8)9(15-4)5-6-11(2,3)12(13,14)18;1-2-8-6(5-9)3-4-7-8;1-5-2-3-6(8)7-4-5;1-3(2)4;3*1-2/h7,9,15H,5-6,18H2,1-4H3,(H,16,17);3-5H,2H2,1H3;5H,2-4H2,1H3,(H,7,8);4H,1-2H3;2*1-2H3;1-2H/t9-;;;;;;/m0....../s1. The summed E-state index contributed by atoms with van der Waals surface area (Å²) in [4.78, 5) is 28.0. The smallest absolute Gasteiger partial charge is 0.263 e. The maximum Gasteiger partial charge on any atom is 0.263 e. The summed E-state index contributed by atoms with van der Waals surface area (Å²) in [6.07, 6.45) is 15.0. The Kier molecular flexibility index (Phi) is 31.0. The normalized spacial score (nSPS) is 14.0. The molecule has 0 radical (unpaired) electrons. The molecule has 1 saturated heterocycles. The second-order valence-corrected chi connectivity index (χ2v) is 11.2. The third-order valence-electron chi connectivity index (χ3n) is 6.09. The van der Waals surface area contributed by atoms with Gasteiger partial charge in [0.2, 0.25) is 5.91 Å². The van der Waals surface area contributed by atoms with Crippen LogP contribution in [0.5, 0.6) is 0 Å². The van der Waals surface area contributed by atoms with E-state index >= 15 is 0 Å². The molecule has 0 aliphatic carbocycles. The topological polar surface area (TPSA) is 129 Å². The molecule has 0 aromatic carbocycles. The predicted octanol–water partition coefficient (Wildman–Crippen LogP) is 7.85. The number of aromatic nitrogens is 4. The molecule has 2 unspecified atom stereocenters. The number of aromatic amines is 1. The molecule has 1 aliphatic heterocycles. The largest absolute Gasteiger partial charge is 0.356 e. The summed E-state index contributed by atoms with van der Waals surface area (Å²) in [6.45, 7) is 22.3. The summed E-state index contributed by atoms with van der Waals surface area (Å²) in [5, 5.41) is 16.3. The van der Waals surface area contributed by atoms with Gasteiger partial charge in [0.1, 0.15) is 11.5 Å². The molecule has 12 heteroatoms. The van der Waals surface area contributed by atoms with Crippen molar-refractivity contribution in [2.45, 2.75) is 120 Å². The van der Waals surface area contributed by atoms with Crippen molar-refractivity contribution in [1.82, 2.24) is 30.4 Å². The van der Waals surface area contributed by atoms with Gasteiger partial charge in [-0.2, -0.15) is 5.10 Å². The van der Waals surface area contributed by atoms with Gasteiger partial charge in [-0.3, -0.25) is 14.3 Å². The van der Waals surface area contributed by atoms with Gasteiger partial charge in [0, 0.05) is 49.1 Å². The molecule has 1 amide bonds. The Bertz CT molecular complexity index is 1030. The van der Waals surface area contributed by atoms with Crippen LogP contribution in [0.25, 0.3) is 0 Å². The minimum atomic E-state index is -2.75. The number of aldehydes is 1. The summed E-state index contributed by atoms with van der Waals surface area (Å²) in [5.74, 6) is 1.73. The van der Waals surface area contributed by atoms with Gasteiger partial charge in [-0.05, 0) is 66.0 Å². The van der Waals surface area contributed by atoms with Crippen LogP contribution in [0.1, 0.15) is 123 Å². The van der Waals surface area contributed by atoms with Crippen LogP contribution in [-0.4, -0.2) is 56.9 Å². The van der Waals surface area contributed by atoms with Crippen molar-refractivity contribution in [3.05, 3.63) is 35.7 Å². The molecule has 2 aromatic heterocycles. The molecule has 260 valence electrons. The number of nitrogens with one attached hydrogen (secondary N) is 4. The Balaban J connectivity index is -0.000000262. The minimum Gasteiger partial charge on any atom is -0.356 e. The molecular weight excluding hydrogens is 595 g/mol. The second kappa shape index (κ2) is 28.5. The van der Waals surface area contributed by atoms with Crippen LogP contribution in [0.15, 0.2) is 18.5 Å². The van der Waals surface area contributed by atoms with Crippen LogP contribution in [-0.2, 0) is 11.3 Å². The number of terminal acetylenes is 1. The van der Waals surface area contributed by atoms with Gasteiger partial charge in [0.15, 0.2) is 6.29 Å². The summed E-state index contributed by atoms with van der Waals surface area (Å²) in [6, 6.07) is 1.72. The number of rotatable bonds is 8. The number of nitrogens with zero attached hydrogens (tertiary/aromatic N) is 3. The van der Waals surface area contributed by atoms with E-state index in [2.05, 4.69) is 45.5 Å². The van der Waals surface area contributed by atoms with Crippen LogP contribution in [0, 0.1) is 36.5 Å². The SMILES string of the molecule is C#C.CC.CC.CC(C)=N.CC1CCC(=O)NC1.CCn1nccc1C=O.CN[C@@H](CCC(C)(C)C(F)(F)P)c1cnc(C)[nH]1. The first kappa shape index (κ1) is 48.9. The monoisotopic (exact) mass is 657 g/mol. The molecule has 3 atom stereocenters. The van der Waals surface area contributed by atoms with Crippen LogP contribution < -0.4 is 10.6 Å². The molecule has 3 rings (SSSR count). The number of hydrogen-bond donors (Lipinski definition) is 4. The van der Waals surface area contributed by atoms with E-state index in [-0.39, 0.29) is 11.9 Å². The first-order valence-electron chi connectivity index (χ1n) is 15.5. The fourth-order valence-corrected chi connectivity index (χ4v) is 3.45. The Morgan fingerprint density at radius 2 is 1.80 bits per heavy atom. The van der Waals surface area contributed by atoms with Crippen LogP contribution >= 0.6 is 9.24 Å². The van der Waals surface area contributed by atoms with E-state index in [9.17, 15) is 18.4 Å². The summed E-state index contributed by atoms with van der Waals surface area (Å²) >= 11 is 0. The summed E-state index contributed by atoms with van der Waals surface area (Å²) in [7, 11) is 3.47. The molecular formula is C33H62F2N7O2P. The molecule has 9 nitrogen and oxygen atoms in total. The molecule has 2 aromatic rings. The predicted molar refractivity (Wildman–Crippen MR) is 189 cm³/mol. The Morgan fingerprint density at radius 1 is 1.27 bits per heavy atom. The fraction of sp³-hybridized carbons (Fsp3) is 0.667. The van der Waals surface area contributed by atoms with Gasteiger partial charge in [-0.25, -0.2) is 13.8 Å². The van der Waals surface area contributed by atoms with Crippen LogP contribution in [0.3, 0.4) is 0 Å². The van der Waals surface area contributed by atoms with Crippen molar-refractivity contribution >= 4 is 27.1 Å². The first-order valence-corrected chi connectivity index (χ1v) is 16.1. The number of H-pyrrole nitrogens is 1. The number of hydrogen-bond acceptors (Lipinski definition) is 6. The highest BCUT2D eigenvalue weighted by Crippen LogP contribution is 2.45. The van der Waals surface area contributed by atoms with E-state index in [4.69, 9.17) is 5.41 Å². The van der Waals surface area contributed by atoms with E-state index in [1.54, 1.807) is 60.1 Å². The van der Waals surface area contributed by atoms with Crippen LogP contribution in [0.4, 0.5) is 8.78 Å². The highest BCUT2D eigenvalue weighted by molar-refractivity contribution is 7.18. The number of aryl methyl sites for hydroxylation is 2. The van der Waals surface area contributed by atoms with E-state index in [0.717, 1.165) is 43.7 Å². The lowest BCUT2D eigenvalue weighted by atomic mass is 9.86. The van der Waals surface area contributed by atoms with Crippen molar-refractivity contribution < 1.29 is 18.4 Å². The van der Waals surface area contributed by atoms with Gasteiger partial charge in [-0.15, -0.1) is 12.8 Å². The molecule has 0 saturated carbocycles. The van der Waals surface area contributed by atoms with Crippen molar-refractivity contribution in [1.29, 1.82) is 5.41 Å². The maximum absolute atomic E-state index is 13.4. The Morgan fingerprint density at radius 3 is 2.11 bits per heavy atom. The minimum absolute atomic E-state index is 0.0258. The third kappa shape index (κ3) is 24.0. The zero-order chi connectivity index (χ0) is 36.2. The van der Waals surface area contributed by atoms with Gasteiger partial charge in [0.25, 0.3) is 5.66 Å². The zero-order valence-electron chi connectivity index (χ0n) is 29.9. The lowest BCUT2D eigenvalue weighted by Gasteiger charge is -2.32. The number of halogens is 2. The Hall–Kier alpha value is -2.96. The zero-order valence-corrected chi connectivity index (χ0v) is 31.0. The molecule has 0 bridgehead atoms. The van der Waals surface area contributed by atoms with E-state index in [0.29, 0.717) is 30.2 Å². The summed E-state index contributed by atoms with van der Waals surface area (Å²) < 4.78 is 28.4. The Labute approximate surface area is 274 Å². The molecule has 1 fully saturated rings. The van der Waals surface area contributed by atoms with E-state index < -0.39 is 11.1 Å². The third-order valence-corrected chi connectivity index (χ3v) is 6.87. The number of carbonyl (C=O) groups excluding carboxylic acids is 2. The van der Waals surface area contributed by atoms with E-state index in [1.165, 1.54) is 0 Å². The van der Waals surface area contributed by atoms with Crippen LogP contribution in [0.2, 0.25) is 0 Å². The first-order chi connectivity index (χ1) is 21.1. The lowest BCUT2D eigenvalue weighted by molar-refractivity contribution is -0.122. The molecule has 4 N–H and O–H groups in total. The van der Waals surface area contributed by atoms with Gasteiger partial charge in [-0.1, -0.05) is 57.7 Å². The second-order valence-electron chi connectivity index (χ2n) is 10.4. The highest BCUT2D eigenvalue weighted by Gasteiger charge is 2.42. The summed E-state index contributed by atoms with van der Waals surface area (Å²) in [5.41, 5.74) is -1.55. The van der Waals surface area contributed by atoms with Gasteiger partial charge >= 0.3 is 0 Å². The molecule has 45 heavy (non-hydrogen) atoms. The number of piperidine rings is 1. The average Bonchev–Trinajstić information content (AvgIpc) is 3.66. The van der Waals surface area contributed by atoms with Gasteiger partial charge < -0.3 is 21.0 Å². The van der Waals surface area contributed by atoms with Crippen molar-refractivity contribution in [3.8, 4) is 12.8 Å². The highest BCUT2D eigenvalue weighted by atomic mass is 31.0. The quantitative estimate of drug-likeness (QED) is 0.0995. The molecule has 3 heterocycles. The lowest BCUT2D eigenvalue weighted by Crippen LogP contribution is -2.33. The average molecular weight is 658 g/mol. The number of carbonyl (C=O) groups is 2. The number of alkyl halides is 2. The van der Waals surface area contributed by atoms with Crippen molar-refractivity contribution in [2.75, 3.05) is 13.6 Å². The number of imidazole rings is 1.